The molecule has 34 heavy (non-hydrogen) atoms. The second-order valence-corrected chi connectivity index (χ2v) is 7.30. The molecule has 3 aromatic rings. The number of rotatable bonds is 6. The van der Waals surface area contributed by atoms with E-state index in [4.69, 9.17) is 44.9 Å². The maximum Gasteiger partial charge on any atom is 0.297 e. The number of aliphatic hydroxyl groups excluding tert-OH is 2. The fraction of sp³-hybridized carbons (Fsp3) is 0.263. The van der Waals surface area contributed by atoms with Crippen LogP contribution in [-0.2, 0) is 0 Å². The predicted molar refractivity (Wildman–Crippen MR) is 118 cm³/mol. The molecule has 2 aromatic carbocycles. The van der Waals surface area contributed by atoms with Crippen LogP contribution in [-0.4, -0.2) is 38.2 Å². The lowest BCUT2D eigenvalue weighted by molar-refractivity contribution is 0.137. The lowest BCUT2D eigenvalue weighted by Crippen LogP contribution is -2.16. The van der Waals surface area contributed by atoms with Gasteiger partial charge in [-0.1, -0.05) is 23.2 Å². The molecule has 1 aromatic heterocycles. The van der Waals surface area contributed by atoms with Crippen molar-refractivity contribution in [1.29, 1.82) is 0 Å². The lowest BCUT2D eigenvalue weighted by Gasteiger charge is -2.14. The number of nitrogens with two attached hydrogens (primary N) is 2. The second kappa shape index (κ2) is 13.1. The van der Waals surface area contributed by atoms with Crippen LogP contribution in [0.4, 0.5) is 22.0 Å². The zero-order valence-corrected chi connectivity index (χ0v) is 19.3. The highest BCUT2D eigenvalue weighted by atomic mass is 35.5. The summed E-state index contributed by atoms with van der Waals surface area (Å²) in [5.74, 6) is -3.26. The molecule has 0 aliphatic heterocycles. The van der Waals surface area contributed by atoms with Crippen LogP contribution in [0.1, 0.15) is 35.5 Å². The minimum Gasteiger partial charge on any atom is -0.394 e. The number of halogens is 8. The van der Waals surface area contributed by atoms with Gasteiger partial charge in [0.05, 0.1) is 31.0 Å². The molecule has 3 rings (SSSR count). The summed E-state index contributed by atoms with van der Waals surface area (Å²) in [5.41, 5.74) is 11.2. The molecule has 6 N–H and O–H groups in total. The Morgan fingerprint density at radius 1 is 0.853 bits per heavy atom. The summed E-state index contributed by atoms with van der Waals surface area (Å²) in [7, 11) is 0. The Kier molecular flexibility index (Phi) is 11.6. The highest BCUT2D eigenvalue weighted by molar-refractivity contribution is 6.32. The van der Waals surface area contributed by atoms with Gasteiger partial charge in [0, 0.05) is 0 Å². The zero-order valence-electron chi connectivity index (χ0n) is 17.0. The van der Waals surface area contributed by atoms with Crippen molar-refractivity contribution in [2.45, 2.75) is 18.5 Å². The van der Waals surface area contributed by atoms with E-state index < -0.39 is 53.4 Å². The number of hydrogen-bond donors (Lipinski definition) is 4. The molecular formula is C19H19Cl3F5N5O2. The van der Waals surface area contributed by atoms with E-state index in [1.807, 2.05) is 0 Å². The molecule has 0 spiro atoms. The van der Waals surface area contributed by atoms with Gasteiger partial charge in [-0.25, -0.2) is 31.6 Å². The molecule has 0 fully saturated rings. The van der Waals surface area contributed by atoms with Crippen molar-refractivity contribution in [1.82, 2.24) is 14.8 Å². The first kappa shape index (κ1) is 30.0. The number of nitrogens with zero attached hydrogens (tertiary/aromatic N) is 3. The highest BCUT2D eigenvalue weighted by Gasteiger charge is 2.21. The predicted octanol–water partition coefficient (Wildman–Crippen LogP) is 4.02. The lowest BCUT2D eigenvalue weighted by atomic mass is 10.1. The number of hydrogen-bond acceptors (Lipinski definition) is 6. The van der Waals surface area contributed by atoms with Gasteiger partial charge in [0.2, 0.25) is 0 Å². The Balaban J connectivity index is 0.000000360. The Bertz CT molecular complexity index is 1080. The number of aromatic nitrogens is 3. The summed E-state index contributed by atoms with van der Waals surface area (Å²) in [6.07, 6.45) is -1.99. The molecule has 1 heterocycles. The van der Waals surface area contributed by atoms with E-state index in [9.17, 15) is 22.0 Å². The largest absolute Gasteiger partial charge is 0.394 e. The van der Waals surface area contributed by atoms with Gasteiger partial charge in [-0.15, -0.1) is 12.4 Å². The van der Waals surface area contributed by atoms with E-state index in [1.165, 1.54) is 6.07 Å². The van der Waals surface area contributed by atoms with Crippen molar-refractivity contribution in [3.05, 3.63) is 75.0 Å². The van der Waals surface area contributed by atoms with Crippen molar-refractivity contribution in [3.63, 3.8) is 0 Å². The first-order chi connectivity index (χ1) is 15.5. The van der Waals surface area contributed by atoms with Gasteiger partial charge >= 0.3 is 0 Å². The number of aliphatic hydroxyl groups is 2. The van der Waals surface area contributed by atoms with Gasteiger partial charge in [-0.05, 0) is 35.4 Å². The van der Waals surface area contributed by atoms with Gasteiger partial charge in [-0.3, -0.25) is 0 Å². The molecule has 188 valence electrons. The third-order valence-electron chi connectivity index (χ3n) is 4.28. The minimum absolute atomic E-state index is 0. The van der Waals surface area contributed by atoms with Crippen LogP contribution in [0, 0.1) is 17.5 Å². The highest BCUT2D eigenvalue weighted by Crippen LogP contribution is 2.29. The third kappa shape index (κ3) is 6.98. The monoisotopic (exact) mass is 549 g/mol. The van der Waals surface area contributed by atoms with E-state index in [2.05, 4.69) is 10.1 Å². The van der Waals surface area contributed by atoms with Crippen molar-refractivity contribution in [3.8, 4) is 5.69 Å². The maximum absolute atomic E-state index is 13.7. The third-order valence-corrected chi connectivity index (χ3v) is 5.02. The van der Waals surface area contributed by atoms with Crippen LogP contribution in [0.15, 0.2) is 30.6 Å². The molecule has 7 nitrogen and oxygen atoms in total. The van der Waals surface area contributed by atoms with E-state index >= 15 is 0 Å². The summed E-state index contributed by atoms with van der Waals surface area (Å²) in [6.45, 7) is -0.805. The summed E-state index contributed by atoms with van der Waals surface area (Å²) in [6, 6.07) is 2.68. The fourth-order valence-corrected chi connectivity index (χ4v) is 2.85. The van der Waals surface area contributed by atoms with Crippen molar-refractivity contribution in [2.24, 2.45) is 11.5 Å². The molecule has 0 amide bonds. The van der Waals surface area contributed by atoms with Crippen molar-refractivity contribution in [2.75, 3.05) is 13.2 Å². The Morgan fingerprint density at radius 3 is 1.74 bits per heavy atom. The average Bonchev–Trinajstić information content (AvgIpc) is 3.28. The minimum atomic E-state index is -2.90. The number of benzene rings is 2. The van der Waals surface area contributed by atoms with E-state index in [0.717, 1.165) is 29.2 Å². The summed E-state index contributed by atoms with van der Waals surface area (Å²) in [5, 5.41) is 20.3. The van der Waals surface area contributed by atoms with Gasteiger partial charge in [0.15, 0.2) is 5.82 Å². The van der Waals surface area contributed by atoms with Gasteiger partial charge < -0.3 is 21.7 Å². The standard InChI is InChI=1S/C11H10ClF3N4O.C8H8ClF2NO.ClH/c12-9-6(13)1-5(7(16)3-20)2-8(9)19-11(10(14)15)17-4-18-19;9-8-5(10)1-4(2-6(8)11)7(12)3-13;/h1-2,4,7,10,20H,3,16H2;1-2,7,13H,3,12H2;1H/t2*7-;/m11./s1. The van der Waals surface area contributed by atoms with Crippen molar-refractivity contribution < 1.29 is 32.2 Å². The SMILES string of the molecule is Cl.N[C@H](CO)c1cc(F)c(Cl)c(-n2ncnc2C(F)F)c1.N[C@H](CO)c1cc(F)c(Cl)c(F)c1. The van der Waals surface area contributed by atoms with Gasteiger partial charge in [-0.2, -0.15) is 5.10 Å². The van der Waals surface area contributed by atoms with Crippen LogP contribution < -0.4 is 11.5 Å². The Hall–Kier alpha value is -2.06. The van der Waals surface area contributed by atoms with E-state index in [-0.39, 0.29) is 40.9 Å². The summed E-state index contributed by atoms with van der Waals surface area (Å²) in [4.78, 5) is 3.40. The molecular weight excluding hydrogens is 532 g/mol. The molecule has 0 aliphatic carbocycles. The van der Waals surface area contributed by atoms with Crippen LogP contribution in [0.3, 0.4) is 0 Å². The van der Waals surface area contributed by atoms with Gasteiger partial charge in [0.25, 0.3) is 6.43 Å². The van der Waals surface area contributed by atoms with E-state index in [0.29, 0.717) is 0 Å². The normalized spacial score (nSPS) is 12.6. The van der Waals surface area contributed by atoms with Gasteiger partial charge in [0.1, 0.15) is 33.8 Å². The molecule has 0 saturated carbocycles. The van der Waals surface area contributed by atoms with Crippen LogP contribution in [0.5, 0.6) is 0 Å². The van der Waals surface area contributed by atoms with Crippen LogP contribution >= 0.6 is 35.6 Å². The molecule has 0 unspecified atom stereocenters. The summed E-state index contributed by atoms with van der Waals surface area (Å²) >= 11 is 11.0. The Morgan fingerprint density at radius 2 is 1.29 bits per heavy atom. The second-order valence-electron chi connectivity index (χ2n) is 6.54. The molecule has 0 saturated heterocycles. The quantitative estimate of drug-likeness (QED) is 0.272. The first-order valence-corrected chi connectivity index (χ1v) is 9.82. The molecule has 0 aliphatic rings. The fourth-order valence-electron chi connectivity index (χ4n) is 2.55. The maximum atomic E-state index is 13.7. The van der Waals surface area contributed by atoms with Crippen LogP contribution in [0.2, 0.25) is 10.0 Å². The zero-order chi connectivity index (χ0) is 24.9. The average molecular weight is 551 g/mol. The number of alkyl halides is 2. The van der Waals surface area contributed by atoms with Crippen LogP contribution in [0.25, 0.3) is 5.69 Å². The van der Waals surface area contributed by atoms with E-state index in [1.54, 1.807) is 0 Å². The van der Waals surface area contributed by atoms with Crippen molar-refractivity contribution >= 4 is 35.6 Å². The molecule has 0 bridgehead atoms. The topological polar surface area (TPSA) is 123 Å². The molecule has 2 atom stereocenters. The Labute approximate surface area is 206 Å². The molecule has 0 radical (unpaired) electrons. The first-order valence-electron chi connectivity index (χ1n) is 9.06. The smallest absolute Gasteiger partial charge is 0.297 e. The summed E-state index contributed by atoms with van der Waals surface area (Å²) < 4.78 is 65.7. The molecule has 15 heteroatoms.